The lowest BCUT2D eigenvalue weighted by Crippen LogP contribution is -2.37. The first-order valence-corrected chi connectivity index (χ1v) is 14.3. The molecule has 0 radical (unpaired) electrons. The minimum Gasteiger partial charge on any atom is -0.520 e. The van der Waals surface area contributed by atoms with Crippen molar-refractivity contribution in [3.05, 3.63) is 35.9 Å². The molecule has 0 N–H and O–H groups in total. The molecular weight excluding hydrogens is 296 g/mol. The van der Waals surface area contributed by atoms with E-state index in [1.165, 1.54) is 0 Å². The highest BCUT2D eigenvalue weighted by atomic mass is 28.4. The Morgan fingerprint density at radius 1 is 0.952 bits per heavy atom. The molecule has 0 aliphatic rings. The average molecular weight is 325 g/mol. The summed E-state index contributed by atoms with van der Waals surface area (Å²) in [7, 11) is -3.65. The first-order valence-electron chi connectivity index (χ1n) is 7.45. The van der Waals surface area contributed by atoms with Crippen LogP contribution < -0.4 is 0 Å². The molecule has 0 amide bonds. The van der Waals surface area contributed by atoms with Crippen LogP contribution in [0.25, 0.3) is 0 Å². The Kier molecular flexibility index (Phi) is 5.95. The van der Waals surface area contributed by atoms with Crippen molar-refractivity contribution >= 4 is 22.6 Å². The molecule has 0 bridgehead atoms. The third-order valence-corrected chi connectivity index (χ3v) is 4.62. The quantitative estimate of drug-likeness (QED) is 0.718. The van der Waals surface area contributed by atoms with Gasteiger partial charge in [-0.05, 0) is 51.8 Å². The Labute approximate surface area is 130 Å². The molecular formula is C16H28O3Si2. The van der Waals surface area contributed by atoms with E-state index in [2.05, 4.69) is 19.6 Å². The second kappa shape index (κ2) is 6.90. The molecule has 0 unspecified atom stereocenters. The van der Waals surface area contributed by atoms with Crippen LogP contribution in [0.1, 0.15) is 18.6 Å². The van der Waals surface area contributed by atoms with Gasteiger partial charge in [-0.25, -0.2) is 0 Å². The number of hydrogen-bond donors (Lipinski definition) is 0. The molecule has 2 atom stereocenters. The Bertz CT molecular complexity index is 461. The molecule has 0 heterocycles. The Balaban J connectivity index is 2.99. The fraction of sp³-hybridized carbons (Fsp3) is 0.562. The number of carbonyl (C=O) groups is 1. The molecule has 3 nitrogen and oxygen atoms in total. The van der Waals surface area contributed by atoms with Crippen molar-refractivity contribution in [1.29, 1.82) is 0 Å². The SMILES string of the molecule is C[C@@H](C(=O)O[Si](C)(C)C)[C@H](O[Si](C)(C)C)c1ccccc1. The van der Waals surface area contributed by atoms with Crippen LogP contribution in [0.15, 0.2) is 30.3 Å². The fourth-order valence-electron chi connectivity index (χ4n) is 2.00. The minimum atomic E-state index is -1.88. The predicted molar refractivity (Wildman–Crippen MR) is 92.2 cm³/mol. The van der Waals surface area contributed by atoms with Crippen molar-refractivity contribution in [2.45, 2.75) is 52.3 Å². The Morgan fingerprint density at radius 2 is 1.48 bits per heavy atom. The van der Waals surface area contributed by atoms with Crippen LogP contribution in [0.5, 0.6) is 0 Å². The minimum absolute atomic E-state index is 0.152. The number of benzene rings is 1. The van der Waals surface area contributed by atoms with E-state index in [-0.39, 0.29) is 18.0 Å². The molecule has 0 aromatic heterocycles. The standard InChI is InChI=1S/C16H28O3Si2/c1-13(16(17)19-21(5,6)7)15(18-20(2,3)4)14-11-9-8-10-12-14/h8-13,15H,1-7H3/t13-,15+/m1/s1. The first-order chi connectivity index (χ1) is 9.49. The van der Waals surface area contributed by atoms with E-state index in [9.17, 15) is 4.79 Å². The van der Waals surface area contributed by atoms with Gasteiger partial charge in [-0.3, -0.25) is 4.79 Å². The van der Waals surface area contributed by atoms with E-state index in [0.29, 0.717) is 0 Å². The smallest absolute Gasteiger partial charge is 0.298 e. The number of hydrogen-bond acceptors (Lipinski definition) is 3. The van der Waals surface area contributed by atoms with Gasteiger partial charge in [0.1, 0.15) is 0 Å². The van der Waals surface area contributed by atoms with Crippen LogP contribution in [0.3, 0.4) is 0 Å². The van der Waals surface area contributed by atoms with Crippen molar-refractivity contribution in [3.63, 3.8) is 0 Å². The summed E-state index contributed by atoms with van der Waals surface area (Å²) in [5.41, 5.74) is 1.04. The van der Waals surface area contributed by atoms with Gasteiger partial charge in [0, 0.05) is 0 Å². The Hall–Kier alpha value is -0.916. The van der Waals surface area contributed by atoms with Crippen molar-refractivity contribution < 1.29 is 13.6 Å². The van der Waals surface area contributed by atoms with E-state index < -0.39 is 16.6 Å². The zero-order valence-corrected chi connectivity index (χ0v) is 16.3. The highest BCUT2D eigenvalue weighted by Gasteiger charge is 2.33. The van der Waals surface area contributed by atoms with Gasteiger partial charge < -0.3 is 8.85 Å². The van der Waals surface area contributed by atoms with Gasteiger partial charge in [0.25, 0.3) is 5.97 Å². The molecule has 1 rings (SSSR count). The zero-order valence-electron chi connectivity index (χ0n) is 14.3. The van der Waals surface area contributed by atoms with E-state index in [4.69, 9.17) is 8.85 Å². The third kappa shape index (κ3) is 6.58. The average Bonchev–Trinajstić information content (AvgIpc) is 2.33. The largest absolute Gasteiger partial charge is 0.520 e. The normalized spacial score (nSPS) is 15.4. The molecule has 0 aliphatic heterocycles. The lowest BCUT2D eigenvalue weighted by Gasteiger charge is -2.31. The van der Waals surface area contributed by atoms with Crippen LogP contribution >= 0.6 is 0 Å². The molecule has 0 spiro atoms. The summed E-state index contributed by atoms with van der Waals surface area (Å²) < 4.78 is 11.9. The molecule has 0 saturated heterocycles. The summed E-state index contributed by atoms with van der Waals surface area (Å²) in [5, 5.41) is 0. The van der Waals surface area contributed by atoms with Gasteiger partial charge >= 0.3 is 0 Å². The summed E-state index contributed by atoms with van der Waals surface area (Å²) in [5.74, 6) is -0.452. The zero-order chi connectivity index (χ0) is 16.3. The maximum Gasteiger partial charge on any atom is 0.298 e. The highest BCUT2D eigenvalue weighted by molar-refractivity contribution is 6.71. The predicted octanol–water partition coefficient (Wildman–Crippen LogP) is 4.59. The van der Waals surface area contributed by atoms with Crippen molar-refractivity contribution in [2.75, 3.05) is 0 Å². The molecule has 21 heavy (non-hydrogen) atoms. The number of rotatable bonds is 6. The molecule has 0 saturated carbocycles. The highest BCUT2D eigenvalue weighted by Crippen LogP contribution is 2.31. The van der Waals surface area contributed by atoms with Crippen molar-refractivity contribution in [1.82, 2.24) is 0 Å². The Morgan fingerprint density at radius 3 is 1.90 bits per heavy atom. The second-order valence-corrected chi connectivity index (χ2v) is 16.3. The number of carbonyl (C=O) groups excluding carboxylic acids is 1. The summed E-state index contributed by atoms with van der Waals surface area (Å²) >= 11 is 0. The van der Waals surface area contributed by atoms with Gasteiger partial charge in [-0.2, -0.15) is 0 Å². The van der Waals surface area contributed by atoms with Crippen molar-refractivity contribution in [3.8, 4) is 0 Å². The maximum atomic E-state index is 12.4. The van der Waals surface area contributed by atoms with Gasteiger partial charge in [0.2, 0.25) is 8.32 Å². The molecule has 1 aromatic carbocycles. The summed E-state index contributed by atoms with van der Waals surface area (Å²) in [6, 6.07) is 9.96. The summed E-state index contributed by atoms with van der Waals surface area (Å²) in [6.45, 7) is 14.4. The first kappa shape index (κ1) is 18.1. The van der Waals surface area contributed by atoms with Gasteiger partial charge in [-0.15, -0.1) is 0 Å². The van der Waals surface area contributed by atoms with Crippen LogP contribution in [0.2, 0.25) is 39.3 Å². The van der Waals surface area contributed by atoms with Gasteiger partial charge in [-0.1, -0.05) is 30.3 Å². The third-order valence-electron chi connectivity index (χ3n) is 2.84. The fourth-order valence-corrected chi connectivity index (χ4v) is 3.89. The van der Waals surface area contributed by atoms with E-state index in [0.717, 1.165) is 5.56 Å². The maximum absolute atomic E-state index is 12.4. The second-order valence-electron chi connectivity index (χ2n) is 7.38. The van der Waals surface area contributed by atoms with Crippen LogP contribution in [0, 0.1) is 5.92 Å². The lowest BCUT2D eigenvalue weighted by atomic mass is 9.98. The molecule has 118 valence electrons. The topological polar surface area (TPSA) is 35.5 Å². The van der Waals surface area contributed by atoms with Crippen LogP contribution in [-0.2, 0) is 13.6 Å². The van der Waals surface area contributed by atoms with Crippen LogP contribution in [0.4, 0.5) is 0 Å². The van der Waals surface area contributed by atoms with Gasteiger partial charge in [0.05, 0.1) is 12.0 Å². The summed E-state index contributed by atoms with van der Waals surface area (Å²) in [4.78, 5) is 12.4. The summed E-state index contributed by atoms with van der Waals surface area (Å²) in [6.07, 6.45) is -0.235. The monoisotopic (exact) mass is 324 g/mol. The molecule has 1 aromatic rings. The van der Waals surface area contributed by atoms with Gasteiger partial charge in [0.15, 0.2) is 8.32 Å². The molecule has 0 aliphatic carbocycles. The van der Waals surface area contributed by atoms with E-state index in [1.54, 1.807) is 0 Å². The van der Waals surface area contributed by atoms with Crippen LogP contribution in [-0.4, -0.2) is 22.6 Å². The van der Waals surface area contributed by atoms with Crippen molar-refractivity contribution in [2.24, 2.45) is 5.92 Å². The van der Waals surface area contributed by atoms with E-state index in [1.807, 2.05) is 56.9 Å². The van der Waals surface area contributed by atoms with E-state index >= 15 is 0 Å². The lowest BCUT2D eigenvalue weighted by molar-refractivity contribution is -0.142. The molecule has 0 fully saturated rings. The molecule has 5 heteroatoms.